The minimum absolute atomic E-state index is 0.712. The molecule has 2 rings (SSSR count). The summed E-state index contributed by atoms with van der Waals surface area (Å²) in [5.74, 6) is 0.907. The third-order valence-electron chi connectivity index (χ3n) is 1.78. The average Bonchev–Trinajstić information content (AvgIpc) is 2.51. The van der Waals surface area contributed by atoms with Crippen LogP contribution < -0.4 is 5.32 Å². The molecular formula is C8H9BrN4. The van der Waals surface area contributed by atoms with Gasteiger partial charge in [0.1, 0.15) is 0 Å². The smallest absolute Gasteiger partial charge is 0.161 e. The van der Waals surface area contributed by atoms with E-state index >= 15 is 0 Å². The summed E-state index contributed by atoms with van der Waals surface area (Å²) in [4.78, 5) is 0. The molecule has 0 aromatic carbocycles. The van der Waals surface area contributed by atoms with Gasteiger partial charge in [-0.2, -0.15) is 0 Å². The van der Waals surface area contributed by atoms with Crippen LogP contribution in [0.2, 0.25) is 0 Å². The van der Waals surface area contributed by atoms with Gasteiger partial charge in [0.25, 0.3) is 0 Å². The largest absolute Gasteiger partial charge is 0.313 e. The lowest BCUT2D eigenvalue weighted by molar-refractivity contribution is 0.744. The summed E-state index contributed by atoms with van der Waals surface area (Å²) in [5.41, 5.74) is 0.861. The van der Waals surface area contributed by atoms with Crippen molar-refractivity contribution in [3.05, 3.63) is 28.6 Å². The van der Waals surface area contributed by atoms with Crippen molar-refractivity contribution >= 4 is 21.6 Å². The van der Waals surface area contributed by atoms with Crippen LogP contribution in [0.15, 0.2) is 22.8 Å². The number of fused-ring (bicyclic) bond motifs is 1. The van der Waals surface area contributed by atoms with Gasteiger partial charge in [0.15, 0.2) is 11.5 Å². The number of hydrogen-bond acceptors (Lipinski definition) is 3. The third kappa shape index (κ3) is 1.45. The van der Waals surface area contributed by atoms with E-state index in [4.69, 9.17) is 0 Å². The van der Waals surface area contributed by atoms with Crippen molar-refractivity contribution in [2.45, 2.75) is 6.54 Å². The van der Waals surface area contributed by atoms with Gasteiger partial charge in [0.05, 0.1) is 11.1 Å². The molecule has 5 heteroatoms. The number of halogens is 1. The highest BCUT2D eigenvalue weighted by Gasteiger charge is 2.05. The fraction of sp³-hybridized carbons (Fsp3) is 0.250. The first-order valence-electron chi connectivity index (χ1n) is 3.96. The van der Waals surface area contributed by atoms with E-state index in [9.17, 15) is 0 Å². The van der Waals surface area contributed by atoms with Crippen molar-refractivity contribution in [2.75, 3.05) is 7.05 Å². The SMILES string of the molecule is CNCc1nnc2cccc(Br)n12. The van der Waals surface area contributed by atoms with E-state index in [1.165, 1.54) is 0 Å². The van der Waals surface area contributed by atoms with E-state index in [0.29, 0.717) is 6.54 Å². The van der Waals surface area contributed by atoms with Crippen molar-refractivity contribution in [1.29, 1.82) is 0 Å². The van der Waals surface area contributed by atoms with Crippen molar-refractivity contribution in [2.24, 2.45) is 0 Å². The molecule has 0 saturated heterocycles. The first-order chi connectivity index (χ1) is 6.33. The Morgan fingerprint density at radius 2 is 2.31 bits per heavy atom. The monoisotopic (exact) mass is 240 g/mol. The molecule has 0 aliphatic carbocycles. The number of aromatic nitrogens is 3. The van der Waals surface area contributed by atoms with E-state index in [-0.39, 0.29) is 0 Å². The summed E-state index contributed by atoms with van der Waals surface area (Å²) in [6.07, 6.45) is 0. The molecule has 0 spiro atoms. The predicted molar refractivity (Wildman–Crippen MR) is 53.5 cm³/mol. The van der Waals surface area contributed by atoms with Gasteiger partial charge < -0.3 is 5.32 Å². The number of pyridine rings is 1. The Balaban J connectivity index is 2.64. The molecule has 0 saturated carbocycles. The van der Waals surface area contributed by atoms with Gasteiger partial charge in [-0.15, -0.1) is 10.2 Å². The van der Waals surface area contributed by atoms with Gasteiger partial charge >= 0.3 is 0 Å². The molecule has 1 N–H and O–H groups in total. The maximum absolute atomic E-state index is 4.07. The van der Waals surface area contributed by atoms with E-state index in [1.807, 2.05) is 29.6 Å². The molecule has 0 unspecified atom stereocenters. The highest BCUT2D eigenvalue weighted by atomic mass is 79.9. The van der Waals surface area contributed by atoms with Gasteiger partial charge in [-0.05, 0) is 35.1 Å². The Morgan fingerprint density at radius 3 is 3.08 bits per heavy atom. The molecule has 0 amide bonds. The van der Waals surface area contributed by atoms with Gasteiger partial charge in [0, 0.05) is 0 Å². The first kappa shape index (κ1) is 8.65. The highest BCUT2D eigenvalue weighted by molar-refractivity contribution is 9.10. The summed E-state index contributed by atoms with van der Waals surface area (Å²) in [7, 11) is 1.89. The van der Waals surface area contributed by atoms with Crippen LogP contribution in [-0.4, -0.2) is 21.6 Å². The van der Waals surface area contributed by atoms with Gasteiger partial charge in [0.2, 0.25) is 0 Å². The summed E-state index contributed by atoms with van der Waals surface area (Å²) in [5, 5.41) is 11.2. The lowest BCUT2D eigenvalue weighted by atomic mass is 10.4. The number of nitrogens with zero attached hydrogens (tertiary/aromatic N) is 3. The lowest BCUT2D eigenvalue weighted by Gasteiger charge is -2.00. The maximum atomic E-state index is 4.07. The molecule has 4 nitrogen and oxygen atoms in total. The van der Waals surface area contributed by atoms with Gasteiger partial charge in [-0.1, -0.05) is 6.07 Å². The molecule has 0 aliphatic heterocycles. The molecular weight excluding hydrogens is 232 g/mol. The zero-order valence-electron chi connectivity index (χ0n) is 7.16. The quantitative estimate of drug-likeness (QED) is 0.803. The van der Waals surface area contributed by atoms with E-state index in [0.717, 1.165) is 16.1 Å². The molecule has 0 radical (unpaired) electrons. The minimum atomic E-state index is 0.712. The Labute approximate surface area is 84.1 Å². The Morgan fingerprint density at radius 1 is 1.46 bits per heavy atom. The summed E-state index contributed by atoms with van der Waals surface area (Å²) in [6, 6.07) is 5.84. The molecule has 68 valence electrons. The second-order valence-corrected chi connectivity index (χ2v) is 3.50. The number of hydrogen-bond donors (Lipinski definition) is 1. The zero-order chi connectivity index (χ0) is 9.26. The molecule has 2 heterocycles. The van der Waals surface area contributed by atoms with Crippen LogP contribution in [0.1, 0.15) is 5.82 Å². The molecule has 2 aromatic heterocycles. The fourth-order valence-electron chi connectivity index (χ4n) is 1.23. The second-order valence-electron chi connectivity index (χ2n) is 2.69. The predicted octanol–water partition coefficient (Wildman–Crippen LogP) is 1.21. The van der Waals surface area contributed by atoms with E-state index < -0.39 is 0 Å². The molecule has 0 atom stereocenters. The molecule has 0 bridgehead atoms. The van der Waals surface area contributed by atoms with Crippen LogP contribution in [0.25, 0.3) is 5.65 Å². The Kier molecular flexibility index (Phi) is 2.28. The summed E-state index contributed by atoms with van der Waals surface area (Å²) >= 11 is 3.45. The Bertz CT molecular complexity index is 423. The van der Waals surface area contributed by atoms with Gasteiger partial charge in [-0.3, -0.25) is 4.40 Å². The molecule has 0 fully saturated rings. The fourth-order valence-corrected chi connectivity index (χ4v) is 1.77. The Hall–Kier alpha value is -0.940. The van der Waals surface area contributed by atoms with Crippen molar-refractivity contribution < 1.29 is 0 Å². The maximum Gasteiger partial charge on any atom is 0.161 e. The van der Waals surface area contributed by atoms with Crippen molar-refractivity contribution in [1.82, 2.24) is 19.9 Å². The normalized spacial score (nSPS) is 10.9. The van der Waals surface area contributed by atoms with Crippen LogP contribution in [-0.2, 0) is 6.54 Å². The average molecular weight is 241 g/mol. The van der Waals surface area contributed by atoms with Crippen molar-refractivity contribution in [3.8, 4) is 0 Å². The van der Waals surface area contributed by atoms with Crippen LogP contribution in [0, 0.1) is 0 Å². The minimum Gasteiger partial charge on any atom is -0.313 e. The topological polar surface area (TPSA) is 42.2 Å². The third-order valence-corrected chi connectivity index (χ3v) is 2.40. The second kappa shape index (κ2) is 3.43. The van der Waals surface area contributed by atoms with Crippen LogP contribution >= 0.6 is 15.9 Å². The van der Waals surface area contributed by atoms with Crippen LogP contribution in [0.4, 0.5) is 0 Å². The van der Waals surface area contributed by atoms with Crippen LogP contribution in [0.5, 0.6) is 0 Å². The standard InChI is InChI=1S/C8H9BrN4/c1-10-5-8-12-11-7-4-2-3-6(9)13(7)8/h2-4,10H,5H2,1H3. The first-order valence-corrected chi connectivity index (χ1v) is 4.75. The van der Waals surface area contributed by atoms with Crippen LogP contribution in [0.3, 0.4) is 0 Å². The van der Waals surface area contributed by atoms with E-state index in [2.05, 4.69) is 31.4 Å². The summed E-state index contributed by atoms with van der Waals surface area (Å²) < 4.78 is 2.94. The zero-order valence-corrected chi connectivity index (χ0v) is 8.74. The van der Waals surface area contributed by atoms with Crippen molar-refractivity contribution in [3.63, 3.8) is 0 Å². The molecule has 0 aliphatic rings. The number of rotatable bonds is 2. The molecule has 13 heavy (non-hydrogen) atoms. The lowest BCUT2D eigenvalue weighted by Crippen LogP contribution is -2.09. The number of nitrogens with one attached hydrogen (secondary N) is 1. The van der Waals surface area contributed by atoms with E-state index in [1.54, 1.807) is 0 Å². The highest BCUT2D eigenvalue weighted by Crippen LogP contribution is 2.13. The summed E-state index contributed by atoms with van der Waals surface area (Å²) in [6.45, 7) is 0.712. The van der Waals surface area contributed by atoms with Gasteiger partial charge in [-0.25, -0.2) is 0 Å². The molecule has 2 aromatic rings.